The molecule has 1 saturated heterocycles. The van der Waals surface area contributed by atoms with Crippen molar-refractivity contribution >= 4 is 41.2 Å². The van der Waals surface area contributed by atoms with Crippen LogP contribution in [0.4, 0.5) is 0 Å². The Morgan fingerprint density at radius 3 is 2.08 bits per heavy atom. The fraction of sp³-hybridized carbons (Fsp3) is 0.667. The predicted octanol–water partition coefficient (Wildman–Crippen LogP) is -0.255. The van der Waals surface area contributed by atoms with Crippen molar-refractivity contribution < 1.29 is 38.1 Å². The van der Waals surface area contributed by atoms with Gasteiger partial charge in [-0.2, -0.15) is 4.99 Å². The lowest BCUT2D eigenvalue weighted by molar-refractivity contribution is -0.222. The van der Waals surface area contributed by atoms with Gasteiger partial charge >= 0.3 is 17.9 Å². The number of thiocarbonyl (C=S) groups is 1. The van der Waals surface area contributed by atoms with Crippen LogP contribution in [-0.2, 0) is 38.1 Å². The Kier molecular flexibility index (Phi) is 8.30. The van der Waals surface area contributed by atoms with Gasteiger partial charge < -0.3 is 24.3 Å². The largest absolute Gasteiger partial charge is 0.463 e. The minimum absolute atomic E-state index is 0.290. The van der Waals surface area contributed by atoms with E-state index in [1.54, 1.807) is 0 Å². The molecule has 1 fully saturated rings. The summed E-state index contributed by atoms with van der Waals surface area (Å²) in [6.45, 7) is 4.46. The van der Waals surface area contributed by atoms with Crippen LogP contribution in [0.2, 0.25) is 0 Å². The molecule has 0 radical (unpaired) electrons. The summed E-state index contributed by atoms with van der Waals surface area (Å²) in [5, 5.41) is 4.67. The molecule has 10 nitrogen and oxygen atoms in total. The van der Waals surface area contributed by atoms with Crippen LogP contribution in [0.1, 0.15) is 27.7 Å². The first kappa shape index (κ1) is 21.7. The molecule has 1 N–H and O–H groups in total. The smallest absolute Gasteiger partial charge is 0.303 e. The van der Waals surface area contributed by atoms with E-state index in [0.29, 0.717) is 0 Å². The lowest BCUT2D eigenvalue weighted by Crippen LogP contribution is -2.65. The third-order valence-electron chi connectivity index (χ3n) is 3.27. The van der Waals surface area contributed by atoms with Crippen LogP contribution in [0, 0.1) is 0 Å². The third-order valence-corrected chi connectivity index (χ3v) is 3.38. The van der Waals surface area contributed by atoms with Gasteiger partial charge in [-0.25, -0.2) is 0 Å². The van der Waals surface area contributed by atoms with Crippen LogP contribution in [0.5, 0.6) is 0 Å². The lowest BCUT2D eigenvalue weighted by atomic mass is 9.95. The molecule has 0 aliphatic carbocycles. The van der Waals surface area contributed by atoms with E-state index in [2.05, 4.69) is 27.7 Å². The first-order chi connectivity index (χ1) is 12.1. The highest BCUT2D eigenvalue weighted by Gasteiger charge is 2.50. The predicted molar refractivity (Wildman–Crippen MR) is 89.0 cm³/mol. The summed E-state index contributed by atoms with van der Waals surface area (Å²) in [6, 6.07) is -0.996. The molecule has 0 aromatic carbocycles. The van der Waals surface area contributed by atoms with Gasteiger partial charge in [0.05, 0.1) is 5.16 Å². The number of isothiocyanates is 1. The highest BCUT2D eigenvalue weighted by Crippen LogP contribution is 2.27. The molecule has 0 bridgehead atoms. The molecule has 1 rings (SSSR count). The Hall–Kier alpha value is -2.36. The van der Waals surface area contributed by atoms with Gasteiger partial charge in [0, 0.05) is 27.7 Å². The zero-order valence-electron chi connectivity index (χ0n) is 14.7. The zero-order chi connectivity index (χ0) is 19.9. The van der Waals surface area contributed by atoms with E-state index in [0.717, 1.165) is 13.8 Å². The molecule has 0 aromatic rings. The molecule has 11 heteroatoms. The van der Waals surface area contributed by atoms with Crippen LogP contribution < -0.4 is 5.32 Å². The van der Waals surface area contributed by atoms with Gasteiger partial charge in [-0.1, -0.05) is 0 Å². The average molecular weight is 388 g/mol. The van der Waals surface area contributed by atoms with E-state index in [4.69, 9.17) is 18.9 Å². The molecule has 1 heterocycles. The number of esters is 3. The molecule has 26 heavy (non-hydrogen) atoms. The summed E-state index contributed by atoms with van der Waals surface area (Å²) in [5.41, 5.74) is 0. The maximum absolute atomic E-state index is 11.5. The number of nitrogens with one attached hydrogen (secondary N) is 1. The highest BCUT2D eigenvalue weighted by atomic mass is 32.1. The number of amides is 1. The molecule has 0 spiro atoms. The molecule has 1 aliphatic heterocycles. The molecular weight excluding hydrogens is 368 g/mol. The van der Waals surface area contributed by atoms with Gasteiger partial charge in [0.2, 0.25) is 5.91 Å². The van der Waals surface area contributed by atoms with Crippen LogP contribution in [0.15, 0.2) is 4.99 Å². The van der Waals surface area contributed by atoms with Crippen molar-refractivity contribution in [2.24, 2.45) is 4.99 Å². The number of ether oxygens (including phenoxy) is 4. The van der Waals surface area contributed by atoms with Crippen LogP contribution in [-0.4, -0.2) is 66.2 Å². The van der Waals surface area contributed by atoms with Gasteiger partial charge in [-0.15, -0.1) is 0 Å². The second-order valence-electron chi connectivity index (χ2n) is 5.46. The van der Waals surface area contributed by atoms with Crippen LogP contribution in [0.3, 0.4) is 0 Å². The van der Waals surface area contributed by atoms with Gasteiger partial charge in [0.1, 0.15) is 18.8 Å². The maximum atomic E-state index is 11.5. The first-order valence-electron chi connectivity index (χ1n) is 7.63. The lowest BCUT2D eigenvalue weighted by Gasteiger charge is -2.43. The van der Waals surface area contributed by atoms with Crippen molar-refractivity contribution in [3.05, 3.63) is 0 Å². The van der Waals surface area contributed by atoms with Crippen LogP contribution in [0.25, 0.3) is 0 Å². The van der Waals surface area contributed by atoms with E-state index in [1.807, 2.05) is 0 Å². The minimum Gasteiger partial charge on any atom is -0.463 e. The maximum Gasteiger partial charge on any atom is 0.303 e. The Bertz CT molecular complexity index is 619. The standard InChI is InChI=1S/C15H20N2O8S/c1-7(18)17-12-14(24-10(4)21)13(23-9(3)20)11(5-22-8(2)19)25-15(12)16-6-26/h11-15H,5H2,1-4H3,(H,17,18)/t11-,12+,13+,14-,15-/m1/s1. The average Bonchev–Trinajstić information content (AvgIpc) is 2.50. The molecule has 1 amide bonds. The Morgan fingerprint density at radius 2 is 1.62 bits per heavy atom. The number of hydrogen-bond acceptors (Lipinski definition) is 10. The van der Waals surface area contributed by atoms with E-state index in [1.165, 1.54) is 13.8 Å². The molecule has 0 aromatic heterocycles. The third kappa shape index (κ3) is 6.51. The van der Waals surface area contributed by atoms with Crippen molar-refractivity contribution in [1.29, 1.82) is 0 Å². The SMILES string of the molecule is CC(=O)N[C@H]1[C@@H](OC(C)=O)[C@@H](OC(C)=O)[C@@H](COC(C)=O)O[C@H]1N=C=S. The molecular formula is C15H20N2O8S. The van der Waals surface area contributed by atoms with Gasteiger partial charge in [-0.05, 0) is 12.2 Å². The number of carbonyl (C=O) groups excluding carboxylic acids is 4. The summed E-state index contributed by atoms with van der Waals surface area (Å²) >= 11 is 4.58. The van der Waals surface area contributed by atoms with E-state index >= 15 is 0 Å². The van der Waals surface area contributed by atoms with Crippen molar-refractivity contribution in [1.82, 2.24) is 5.32 Å². The van der Waals surface area contributed by atoms with E-state index < -0.39 is 54.4 Å². The van der Waals surface area contributed by atoms with E-state index in [-0.39, 0.29) is 6.61 Å². The highest BCUT2D eigenvalue weighted by molar-refractivity contribution is 7.78. The monoisotopic (exact) mass is 388 g/mol. The van der Waals surface area contributed by atoms with E-state index in [9.17, 15) is 19.2 Å². The molecule has 5 atom stereocenters. The first-order valence-corrected chi connectivity index (χ1v) is 8.03. The summed E-state index contributed by atoms with van der Waals surface area (Å²) in [4.78, 5) is 49.5. The number of rotatable bonds is 6. The minimum atomic E-state index is -1.15. The summed E-state index contributed by atoms with van der Waals surface area (Å²) in [6.07, 6.45) is -4.39. The van der Waals surface area contributed by atoms with Crippen molar-refractivity contribution in [2.45, 2.75) is 58.3 Å². The number of aliphatic imine (C=N–C) groups is 1. The zero-order valence-corrected chi connectivity index (χ0v) is 15.5. The van der Waals surface area contributed by atoms with Crippen molar-refractivity contribution in [3.63, 3.8) is 0 Å². The van der Waals surface area contributed by atoms with Gasteiger partial charge in [0.15, 0.2) is 18.4 Å². The second-order valence-corrected chi connectivity index (χ2v) is 5.65. The molecule has 0 saturated carbocycles. The van der Waals surface area contributed by atoms with Crippen molar-refractivity contribution in [2.75, 3.05) is 6.61 Å². The quantitative estimate of drug-likeness (QED) is 0.283. The fourth-order valence-corrected chi connectivity index (χ4v) is 2.57. The normalized spacial score (nSPS) is 27.5. The number of nitrogens with zero attached hydrogens (tertiary/aromatic N) is 1. The fourth-order valence-electron chi connectivity index (χ4n) is 2.47. The topological polar surface area (TPSA) is 130 Å². The second kappa shape index (κ2) is 9.95. The molecule has 144 valence electrons. The van der Waals surface area contributed by atoms with Crippen molar-refractivity contribution in [3.8, 4) is 0 Å². The summed E-state index contributed by atoms with van der Waals surface area (Å²) < 4.78 is 21.1. The summed E-state index contributed by atoms with van der Waals surface area (Å²) in [7, 11) is 0. The van der Waals surface area contributed by atoms with Gasteiger partial charge in [0.25, 0.3) is 0 Å². The Labute approximate surface area is 155 Å². The molecule has 0 unspecified atom stereocenters. The summed E-state index contributed by atoms with van der Waals surface area (Å²) in [5.74, 6) is -2.40. The number of hydrogen-bond donors (Lipinski definition) is 1. The van der Waals surface area contributed by atoms with Gasteiger partial charge in [-0.3, -0.25) is 19.2 Å². The Morgan fingerprint density at radius 1 is 1.04 bits per heavy atom. The van der Waals surface area contributed by atoms with Crippen LogP contribution >= 0.6 is 12.2 Å². The number of carbonyl (C=O) groups is 4. The Balaban J connectivity index is 3.28. The molecule has 1 aliphatic rings.